The van der Waals surface area contributed by atoms with Gasteiger partial charge in [-0.2, -0.15) is 0 Å². The zero-order chi connectivity index (χ0) is 16.5. The van der Waals surface area contributed by atoms with Gasteiger partial charge in [0.25, 0.3) is 0 Å². The highest BCUT2D eigenvalue weighted by Crippen LogP contribution is 2.28. The molecule has 5 nitrogen and oxygen atoms in total. The van der Waals surface area contributed by atoms with Crippen molar-refractivity contribution in [3.8, 4) is 0 Å². The average Bonchev–Trinajstić information content (AvgIpc) is 3.11. The van der Waals surface area contributed by atoms with E-state index in [1.54, 1.807) is 0 Å². The van der Waals surface area contributed by atoms with Gasteiger partial charge in [0.15, 0.2) is 0 Å². The summed E-state index contributed by atoms with van der Waals surface area (Å²) >= 11 is 0. The van der Waals surface area contributed by atoms with E-state index in [-0.39, 0.29) is 23.9 Å². The number of nitrogens with zero attached hydrogens (tertiary/aromatic N) is 3. The van der Waals surface area contributed by atoms with Crippen LogP contribution < -0.4 is 0 Å². The van der Waals surface area contributed by atoms with Gasteiger partial charge in [-0.1, -0.05) is 30.3 Å². The van der Waals surface area contributed by atoms with Crippen molar-refractivity contribution in [2.24, 2.45) is 0 Å². The Labute approximate surface area is 143 Å². The number of rotatable bonds is 4. The van der Waals surface area contributed by atoms with Crippen molar-refractivity contribution in [2.45, 2.75) is 37.8 Å². The number of hydrogen-bond donors (Lipinski definition) is 0. The number of benzene rings is 1. The second kappa shape index (κ2) is 6.55. The van der Waals surface area contributed by atoms with Crippen LogP contribution in [0.3, 0.4) is 0 Å². The first-order chi connectivity index (χ1) is 11.7. The molecule has 128 valence electrons. The molecule has 1 aromatic carbocycles. The number of carbonyl (C=O) groups is 2. The Bertz CT molecular complexity index is 618. The largest absolute Gasteiger partial charge is 0.329 e. The molecule has 3 fully saturated rings. The fourth-order valence-corrected chi connectivity index (χ4v) is 4.34. The Morgan fingerprint density at radius 1 is 0.917 bits per heavy atom. The number of piperazine rings is 2. The fourth-order valence-electron chi connectivity index (χ4n) is 4.34. The minimum Gasteiger partial charge on any atom is -0.329 e. The van der Waals surface area contributed by atoms with Crippen LogP contribution in [0.1, 0.15) is 24.8 Å². The maximum Gasteiger partial charge on any atom is 0.247 e. The molecule has 0 radical (unpaired) electrons. The van der Waals surface area contributed by atoms with Gasteiger partial charge in [0.1, 0.15) is 12.1 Å². The third-order valence-corrected chi connectivity index (χ3v) is 5.64. The summed E-state index contributed by atoms with van der Waals surface area (Å²) in [5, 5.41) is 0. The van der Waals surface area contributed by atoms with E-state index < -0.39 is 0 Å². The van der Waals surface area contributed by atoms with Crippen LogP contribution in [0.4, 0.5) is 0 Å². The maximum atomic E-state index is 12.7. The van der Waals surface area contributed by atoms with E-state index in [4.69, 9.17) is 0 Å². The second-order valence-corrected chi connectivity index (χ2v) is 7.13. The van der Waals surface area contributed by atoms with E-state index in [2.05, 4.69) is 29.2 Å². The third kappa shape index (κ3) is 2.81. The van der Waals surface area contributed by atoms with E-state index in [9.17, 15) is 9.59 Å². The highest BCUT2D eigenvalue weighted by Gasteiger charge is 2.49. The zero-order valence-electron chi connectivity index (χ0n) is 14.1. The summed E-state index contributed by atoms with van der Waals surface area (Å²) in [5.74, 6) is 0.353. The first-order valence-corrected chi connectivity index (χ1v) is 9.11. The summed E-state index contributed by atoms with van der Waals surface area (Å²) in [6, 6.07) is 10.1. The predicted octanol–water partition coefficient (Wildman–Crippen LogP) is 1.14. The van der Waals surface area contributed by atoms with Crippen LogP contribution in [-0.2, 0) is 16.0 Å². The molecule has 24 heavy (non-hydrogen) atoms. The highest BCUT2D eigenvalue weighted by atomic mass is 16.2. The molecule has 3 aliphatic rings. The molecule has 0 saturated carbocycles. The Kier molecular flexibility index (Phi) is 4.27. The topological polar surface area (TPSA) is 43.9 Å². The first-order valence-electron chi connectivity index (χ1n) is 9.11. The molecule has 2 amide bonds. The molecule has 3 heterocycles. The molecule has 2 atom stereocenters. The van der Waals surface area contributed by atoms with Crippen molar-refractivity contribution in [3.05, 3.63) is 35.9 Å². The van der Waals surface area contributed by atoms with Crippen LogP contribution in [0.2, 0.25) is 0 Å². The van der Waals surface area contributed by atoms with Gasteiger partial charge in [0.05, 0.1) is 0 Å². The van der Waals surface area contributed by atoms with Crippen LogP contribution >= 0.6 is 0 Å². The van der Waals surface area contributed by atoms with Gasteiger partial charge < -0.3 is 9.80 Å². The lowest BCUT2D eigenvalue weighted by Gasteiger charge is -2.47. The molecule has 0 bridgehead atoms. The molecule has 3 saturated heterocycles. The van der Waals surface area contributed by atoms with E-state index in [1.165, 1.54) is 5.56 Å². The Morgan fingerprint density at radius 3 is 2.50 bits per heavy atom. The molecule has 0 unspecified atom stereocenters. The second-order valence-electron chi connectivity index (χ2n) is 7.13. The van der Waals surface area contributed by atoms with Gasteiger partial charge in [-0.25, -0.2) is 0 Å². The first kappa shape index (κ1) is 15.6. The molecule has 1 aromatic rings. The molecular formula is C19H25N3O2. The van der Waals surface area contributed by atoms with Crippen molar-refractivity contribution in [2.75, 3.05) is 32.7 Å². The summed E-state index contributed by atoms with van der Waals surface area (Å²) < 4.78 is 0. The lowest BCUT2D eigenvalue weighted by Crippen LogP contribution is -2.68. The number of amides is 2. The average molecular weight is 327 g/mol. The van der Waals surface area contributed by atoms with Crippen molar-refractivity contribution >= 4 is 11.8 Å². The third-order valence-electron chi connectivity index (χ3n) is 5.64. The number of aryl methyl sites for hydroxylation is 1. The van der Waals surface area contributed by atoms with Gasteiger partial charge >= 0.3 is 0 Å². The minimum atomic E-state index is -0.252. The summed E-state index contributed by atoms with van der Waals surface area (Å²) in [5.41, 5.74) is 1.36. The standard InChI is InChI=1S/C19H25N3O2/c23-18-16-9-5-11-21(16)19(24)17-14-20(12-13-22(17)18)10-4-8-15-6-2-1-3-7-15/h1-3,6-7,16-17H,4-5,8-14H2/t16-,17+/m0/s1. The number of fused-ring (bicyclic) bond motifs is 2. The molecule has 4 rings (SSSR count). The smallest absolute Gasteiger partial charge is 0.247 e. The van der Waals surface area contributed by atoms with Gasteiger partial charge in [-0.15, -0.1) is 0 Å². The summed E-state index contributed by atoms with van der Waals surface area (Å²) in [4.78, 5) is 31.4. The Balaban J connectivity index is 1.34. The monoisotopic (exact) mass is 327 g/mol. The molecule has 0 aliphatic carbocycles. The van der Waals surface area contributed by atoms with Crippen molar-refractivity contribution in [3.63, 3.8) is 0 Å². The lowest BCUT2D eigenvalue weighted by atomic mass is 10.0. The lowest BCUT2D eigenvalue weighted by molar-refractivity contribution is -0.163. The normalized spacial score (nSPS) is 27.3. The molecule has 5 heteroatoms. The predicted molar refractivity (Wildman–Crippen MR) is 91.4 cm³/mol. The highest BCUT2D eigenvalue weighted by molar-refractivity contribution is 5.97. The SMILES string of the molecule is O=C1[C@@H]2CCCN2C(=O)[C@H]2CN(CCCc3ccccc3)CCN12. The van der Waals surface area contributed by atoms with Gasteiger partial charge in [-0.05, 0) is 37.8 Å². The van der Waals surface area contributed by atoms with Crippen molar-refractivity contribution < 1.29 is 9.59 Å². The van der Waals surface area contributed by atoms with Crippen LogP contribution in [0.15, 0.2) is 30.3 Å². The van der Waals surface area contributed by atoms with Crippen molar-refractivity contribution in [1.29, 1.82) is 0 Å². The van der Waals surface area contributed by atoms with Crippen LogP contribution in [0, 0.1) is 0 Å². The van der Waals surface area contributed by atoms with E-state index in [1.807, 2.05) is 15.9 Å². The van der Waals surface area contributed by atoms with E-state index in [0.717, 1.165) is 45.3 Å². The number of hydrogen-bond acceptors (Lipinski definition) is 3. The molecular weight excluding hydrogens is 302 g/mol. The molecule has 0 spiro atoms. The van der Waals surface area contributed by atoms with Gasteiger partial charge in [-0.3, -0.25) is 14.5 Å². The summed E-state index contributed by atoms with van der Waals surface area (Å²) in [6.07, 6.45) is 3.95. The van der Waals surface area contributed by atoms with Crippen LogP contribution in [0.25, 0.3) is 0 Å². The molecule has 0 aromatic heterocycles. The Hall–Kier alpha value is -1.88. The van der Waals surface area contributed by atoms with E-state index in [0.29, 0.717) is 13.1 Å². The van der Waals surface area contributed by atoms with Crippen LogP contribution in [-0.4, -0.2) is 71.3 Å². The maximum absolute atomic E-state index is 12.7. The summed E-state index contributed by atoms with van der Waals surface area (Å²) in [6.45, 7) is 4.03. The fraction of sp³-hybridized carbons (Fsp3) is 0.579. The van der Waals surface area contributed by atoms with Crippen LogP contribution in [0.5, 0.6) is 0 Å². The van der Waals surface area contributed by atoms with E-state index >= 15 is 0 Å². The Morgan fingerprint density at radius 2 is 1.67 bits per heavy atom. The zero-order valence-corrected chi connectivity index (χ0v) is 14.1. The van der Waals surface area contributed by atoms with Crippen molar-refractivity contribution in [1.82, 2.24) is 14.7 Å². The quantitative estimate of drug-likeness (QED) is 0.833. The molecule has 0 N–H and O–H groups in total. The summed E-state index contributed by atoms with van der Waals surface area (Å²) in [7, 11) is 0. The van der Waals surface area contributed by atoms with Gasteiger partial charge in [0.2, 0.25) is 11.8 Å². The minimum absolute atomic E-state index is 0.168. The van der Waals surface area contributed by atoms with Gasteiger partial charge in [0, 0.05) is 26.2 Å². The number of carbonyl (C=O) groups excluding carboxylic acids is 2. The molecule has 3 aliphatic heterocycles.